The minimum Gasteiger partial charge on any atom is -0.462 e. The van der Waals surface area contributed by atoms with E-state index in [1.807, 2.05) is 0 Å². The first kappa shape index (κ1) is 98.1. The van der Waals surface area contributed by atoms with Crippen LogP contribution in [0, 0.1) is 23.7 Å². The number of aliphatic hydroxyl groups is 1. The third kappa shape index (κ3) is 71.7. The number of phosphoric ester groups is 2. The van der Waals surface area contributed by atoms with Gasteiger partial charge in [0.25, 0.3) is 0 Å². The Morgan fingerprint density at radius 2 is 0.480 bits per heavy atom. The van der Waals surface area contributed by atoms with Crippen LogP contribution in [0.25, 0.3) is 0 Å². The highest BCUT2D eigenvalue weighted by Gasteiger charge is 2.30. The summed E-state index contributed by atoms with van der Waals surface area (Å²) in [5.74, 6) is 1.06. The Hall–Kier alpha value is -1.94. The van der Waals surface area contributed by atoms with Crippen LogP contribution in [0.1, 0.15) is 415 Å². The van der Waals surface area contributed by atoms with Gasteiger partial charge in [0.15, 0.2) is 12.2 Å². The topological polar surface area (TPSA) is 237 Å². The normalized spacial score (nSPS) is 14.6. The molecule has 0 saturated heterocycles. The zero-order valence-corrected chi connectivity index (χ0v) is 67.6. The Bertz CT molecular complexity index is 1960. The first-order chi connectivity index (χ1) is 48.2. The van der Waals surface area contributed by atoms with Gasteiger partial charge in [0.2, 0.25) is 0 Å². The zero-order valence-electron chi connectivity index (χ0n) is 65.8. The average molecular weight is 1470 g/mol. The molecule has 7 atom stereocenters. The molecule has 100 heavy (non-hydrogen) atoms. The lowest BCUT2D eigenvalue weighted by Gasteiger charge is -2.21. The van der Waals surface area contributed by atoms with Crippen molar-refractivity contribution in [3.8, 4) is 0 Å². The average Bonchev–Trinajstić information content (AvgIpc) is 0.975. The summed E-state index contributed by atoms with van der Waals surface area (Å²) in [6.07, 6.45) is 56.8. The third-order valence-corrected chi connectivity index (χ3v) is 21.4. The van der Waals surface area contributed by atoms with Crippen molar-refractivity contribution in [3.63, 3.8) is 0 Å². The van der Waals surface area contributed by atoms with E-state index in [0.29, 0.717) is 25.7 Å². The lowest BCUT2D eigenvalue weighted by molar-refractivity contribution is -0.161. The van der Waals surface area contributed by atoms with Crippen LogP contribution in [0.5, 0.6) is 0 Å². The highest BCUT2D eigenvalue weighted by Crippen LogP contribution is 2.45. The first-order valence-electron chi connectivity index (χ1n) is 41.8. The number of esters is 4. The van der Waals surface area contributed by atoms with Gasteiger partial charge < -0.3 is 33.8 Å². The number of carbonyl (C=O) groups is 4. The van der Waals surface area contributed by atoms with Gasteiger partial charge in [0.1, 0.15) is 19.3 Å². The van der Waals surface area contributed by atoms with Crippen molar-refractivity contribution >= 4 is 39.5 Å². The predicted octanol–water partition coefficient (Wildman–Crippen LogP) is 24.0. The second kappa shape index (κ2) is 70.1. The fourth-order valence-corrected chi connectivity index (χ4v) is 13.9. The van der Waals surface area contributed by atoms with Crippen LogP contribution in [0.3, 0.4) is 0 Å². The summed E-state index contributed by atoms with van der Waals surface area (Å²) in [5, 5.41) is 10.6. The molecule has 594 valence electrons. The second-order valence-electron chi connectivity index (χ2n) is 30.6. The van der Waals surface area contributed by atoms with Gasteiger partial charge in [-0.2, -0.15) is 0 Å². The van der Waals surface area contributed by atoms with Gasteiger partial charge in [-0.3, -0.25) is 37.3 Å². The van der Waals surface area contributed by atoms with E-state index in [9.17, 15) is 43.2 Å². The summed E-state index contributed by atoms with van der Waals surface area (Å²) in [5.41, 5.74) is 0. The zero-order chi connectivity index (χ0) is 73.8. The molecule has 4 unspecified atom stereocenters. The number of carbonyl (C=O) groups excluding carboxylic acids is 4. The van der Waals surface area contributed by atoms with E-state index in [4.69, 9.17) is 37.0 Å². The number of rotatable bonds is 78. The Balaban J connectivity index is 5.26. The molecule has 17 nitrogen and oxygen atoms in total. The molecule has 0 aliphatic heterocycles. The number of unbranched alkanes of at least 4 members (excludes halogenated alkanes) is 42. The van der Waals surface area contributed by atoms with Crippen molar-refractivity contribution in [2.45, 2.75) is 433 Å². The summed E-state index contributed by atoms with van der Waals surface area (Å²) in [7, 11) is -9.92. The summed E-state index contributed by atoms with van der Waals surface area (Å²) in [6.45, 7) is 14.3. The minimum absolute atomic E-state index is 0.105. The molecular formula is C81H158O17P2. The van der Waals surface area contributed by atoms with Crippen LogP contribution >= 0.6 is 15.6 Å². The summed E-state index contributed by atoms with van der Waals surface area (Å²) < 4.78 is 68.7. The molecule has 0 bridgehead atoms. The van der Waals surface area contributed by atoms with Crippen molar-refractivity contribution < 1.29 is 80.2 Å². The third-order valence-electron chi connectivity index (χ3n) is 19.5. The van der Waals surface area contributed by atoms with E-state index < -0.39 is 97.5 Å². The van der Waals surface area contributed by atoms with E-state index in [1.165, 1.54) is 218 Å². The molecule has 0 spiro atoms. The van der Waals surface area contributed by atoms with Gasteiger partial charge in [-0.05, 0) is 49.4 Å². The number of ether oxygens (including phenoxy) is 4. The fourth-order valence-electron chi connectivity index (χ4n) is 12.4. The maximum Gasteiger partial charge on any atom is 0.472 e. The smallest absolute Gasteiger partial charge is 0.462 e. The maximum atomic E-state index is 13.1. The Morgan fingerprint density at radius 1 is 0.280 bits per heavy atom. The van der Waals surface area contributed by atoms with Gasteiger partial charge >= 0.3 is 39.5 Å². The molecule has 0 aromatic carbocycles. The lowest BCUT2D eigenvalue weighted by atomic mass is 9.99. The molecule has 0 aliphatic carbocycles. The summed E-state index contributed by atoms with van der Waals surface area (Å²) >= 11 is 0. The van der Waals surface area contributed by atoms with Crippen LogP contribution < -0.4 is 0 Å². The number of phosphoric acid groups is 2. The van der Waals surface area contributed by atoms with Crippen LogP contribution in [-0.4, -0.2) is 96.7 Å². The van der Waals surface area contributed by atoms with Crippen molar-refractivity contribution in [1.82, 2.24) is 0 Å². The molecule has 0 radical (unpaired) electrons. The molecule has 0 rings (SSSR count). The van der Waals surface area contributed by atoms with E-state index >= 15 is 0 Å². The van der Waals surface area contributed by atoms with Crippen LogP contribution in [0.2, 0.25) is 0 Å². The van der Waals surface area contributed by atoms with E-state index in [-0.39, 0.29) is 25.7 Å². The molecule has 0 saturated carbocycles. The molecule has 0 heterocycles. The minimum atomic E-state index is -4.96. The van der Waals surface area contributed by atoms with Gasteiger partial charge in [-0.1, -0.05) is 364 Å². The van der Waals surface area contributed by atoms with Crippen LogP contribution in [-0.2, 0) is 65.4 Å². The lowest BCUT2D eigenvalue weighted by Crippen LogP contribution is -2.30. The molecule has 0 aromatic rings. The molecule has 0 amide bonds. The van der Waals surface area contributed by atoms with Crippen molar-refractivity contribution in [3.05, 3.63) is 0 Å². The second-order valence-corrected chi connectivity index (χ2v) is 33.5. The maximum absolute atomic E-state index is 13.1. The van der Waals surface area contributed by atoms with Gasteiger partial charge in [-0.15, -0.1) is 0 Å². The van der Waals surface area contributed by atoms with Crippen molar-refractivity contribution in [2.24, 2.45) is 23.7 Å². The van der Waals surface area contributed by atoms with Crippen LogP contribution in [0.4, 0.5) is 0 Å². The van der Waals surface area contributed by atoms with Gasteiger partial charge in [0.05, 0.1) is 26.4 Å². The van der Waals surface area contributed by atoms with E-state index in [2.05, 4.69) is 55.4 Å². The van der Waals surface area contributed by atoms with Crippen LogP contribution in [0.15, 0.2) is 0 Å². The SMILES string of the molecule is CCC(C)CCCCCCCCCCCCCCCCC(=O)OC[C@H](COP(=O)(O)OC[C@@H](O)COP(=O)(O)OC[C@@H](COC(=O)CCCCCCCCCCCC(C)C)OC(=O)CCCCCCCCCCCC(C)C)OC(=O)CCCCCCCCCCCCCCCCC(C)CC. The van der Waals surface area contributed by atoms with E-state index in [0.717, 1.165) is 114 Å². The van der Waals surface area contributed by atoms with Crippen molar-refractivity contribution in [1.29, 1.82) is 0 Å². The first-order valence-corrected chi connectivity index (χ1v) is 44.8. The number of aliphatic hydroxyl groups excluding tert-OH is 1. The quantitative estimate of drug-likeness (QED) is 0.0222. The summed E-state index contributed by atoms with van der Waals surface area (Å²) in [6, 6.07) is 0. The van der Waals surface area contributed by atoms with Gasteiger partial charge in [-0.25, -0.2) is 9.13 Å². The molecule has 3 N–H and O–H groups in total. The number of hydrogen-bond acceptors (Lipinski definition) is 15. The highest BCUT2D eigenvalue weighted by molar-refractivity contribution is 7.47. The molecule has 0 aliphatic rings. The molecule has 19 heteroatoms. The standard InChI is InChI=1S/C81H158O17P2/c1-9-73(7)59-51-43-35-27-19-15-11-13-17-21-29-37-45-53-61-78(83)91-67-76(97-80(85)63-55-47-39-30-22-18-14-12-16-20-28-36-44-52-60-74(8)10-2)69-95-99(87,88)93-65-75(82)66-94-100(89,90)96-70-77(98-81(86)64-56-48-40-32-24-26-34-42-50-58-72(5)6)68-92-79(84)62-54-46-38-31-23-25-33-41-49-57-71(3)4/h71-77,82H,9-70H2,1-8H3,(H,87,88)(H,89,90)/t73?,74?,75-,76-,77-/m1/s1. The fraction of sp³-hybridized carbons (Fsp3) is 0.951. The highest BCUT2D eigenvalue weighted by atomic mass is 31.2. The monoisotopic (exact) mass is 1470 g/mol. The predicted molar refractivity (Wildman–Crippen MR) is 409 cm³/mol. The Morgan fingerprint density at radius 3 is 0.710 bits per heavy atom. The molecular weight excluding hydrogens is 1310 g/mol. The molecule has 0 aromatic heterocycles. The largest absolute Gasteiger partial charge is 0.472 e. The Labute approximate surface area is 613 Å². The summed E-state index contributed by atoms with van der Waals surface area (Å²) in [4.78, 5) is 73.0. The number of hydrogen-bond donors (Lipinski definition) is 3. The van der Waals surface area contributed by atoms with Crippen molar-refractivity contribution in [2.75, 3.05) is 39.6 Å². The van der Waals surface area contributed by atoms with E-state index in [1.54, 1.807) is 0 Å². The Kier molecular flexibility index (Phi) is 68.7. The molecule has 0 fully saturated rings. The van der Waals surface area contributed by atoms with Gasteiger partial charge in [0, 0.05) is 25.7 Å².